The first-order chi connectivity index (χ1) is 10.5. The third-order valence-corrected chi connectivity index (χ3v) is 4.82. The molecule has 0 radical (unpaired) electrons. The molecule has 1 aliphatic rings. The molecule has 0 bridgehead atoms. The summed E-state index contributed by atoms with van der Waals surface area (Å²) in [6.07, 6.45) is 4.49. The van der Waals surface area contributed by atoms with Gasteiger partial charge in [-0.2, -0.15) is 0 Å². The highest BCUT2D eigenvalue weighted by atomic mass is 19.1. The zero-order valence-corrected chi connectivity index (χ0v) is 13.9. The van der Waals surface area contributed by atoms with Crippen LogP contribution in [0.4, 0.5) is 4.39 Å². The Morgan fingerprint density at radius 2 is 2.05 bits per heavy atom. The number of piperidine rings is 1. The number of amides is 1. The molecular weight excluding hydrogens is 279 g/mol. The highest BCUT2D eigenvalue weighted by Crippen LogP contribution is 2.22. The van der Waals surface area contributed by atoms with Crippen molar-refractivity contribution in [2.24, 2.45) is 0 Å². The van der Waals surface area contributed by atoms with Crippen molar-refractivity contribution in [2.75, 3.05) is 20.1 Å². The summed E-state index contributed by atoms with van der Waals surface area (Å²) in [7, 11) is 1.96. The number of carbonyl (C=O) groups is 1. The van der Waals surface area contributed by atoms with Gasteiger partial charge in [0.15, 0.2) is 0 Å². The van der Waals surface area contributed by atoms with E-state index in [0.29, 0.717) is 12.6 Å². The highest BCUT2D eigenvalue weighted by molar-refractivity contribution is 5.78. The van der Waals surface area contributed by atoms with Crippen LogP contribution in [0, 0.1) is 5.82 Å². The zero-order valence-electron chi connectivity index (χ0n) is 13.9. The van der Waals surface area contributed by atoms with E-state index in [1.54, 1.807) is 12.1 Å². The average Bonchev–Trinajstić information content (AvgIpc) is 2.54. The monoisotopic (exact) mass is 306 g/mol. The number of carbonyl (C=O) groups excluding carboxylic acids is 1. The lowest BCUT2D eigenvalue weighted by atomic mass is 10.00. The van der Waals surface area contributed by atoms with Gasteiger partial charge in [0.25, 0.3) is 0 Å². The van der Waals surface area contributed by atoms with Crippen molar-refractivity contribution in [2.45, 2.75) is 51.6 Å². The maximum absolute atomic E-state index is 13.0. The molecule has 0 spiro atoms. The fraction of sp³-hybridized carbons (Fsp3) is 0.611. The van der Waals surface area contributed by atoms with Crippen molar-refractivity contribution >= 4 is 5.91 Å². The highest BCUT2D eigenvalue weighted by Gasteiger charge is 2.26. The van der Waals surface area contributed by atoms with Crippen LogP contribution in [0.3, 0.4) is 0 Å². The Balaban J connectivity index is 1.96. The molecule has 1 heterocycles. The van der Waals surface area contributed by atoms with E-state index >= 15 is 0 Å². The molecule has 2 unspecified atom stereocenters. The molecule has 0 saturated carbocycles. The van der Waals surface area contributed by atoms with Crippen molar-refractivity contribution in [3.8, 4) is 0 Å². The summed E-state index contributed by atoms with van der Waals surface area (Å²) in [5.74, 6) is -0.0169. The Hall–Kier alpha value is -1.42. The van der Waals surface area contributed by atoms with Crippen molar-refractivity contribution in [3.05, 3.63) is 35.6 Å². The minimum atomic E-state index is -0.228. The molecule has 0 aliphatic carbocycles. The molecule has 2 rings (SSSR count). The van der Waals surface area contributed by atoms with E-state index in [1.807, 2.05) is 18.9 Å². The van der Waals surface area contributed by atoms with Crippen LogP contribution in [0.15, 0.2) is 24.3 Å². The maximum Gasteiger partial charge on any atom is 0.237 e. The lowest BCUT2D eigenvalue weighted by Gasteiger charge is -2.37. The normalized spacial score (nSPS) is 20.2. The Bertz CT molecular complexity index is 488. The molecule has 1 aliphatic heterocycles. The fourth-order valence-electron chi connectivity index (χ4n) is 3.19. The zero-order chi connectivity index (χ0) is 16.1. The quantitative estimate of drug-likeness (QED) is 0.829. The second-order valence-corrected chi connectivity index (χ2v) is 6.29. The van der Waals surface area contributed by atoms with Gasteiger partial charge in [-0.05, 0) is 57.4 Å². The van der Waals surface area contributed by atoms with Gasteiger partial charge in [0.05, 0.1) is 6.54 Å². The molecule has 4 heteroatoms. The number of halogens is 1. The maximum atomic E-state index is 13.0. The Labute approximate surface area is 133 Å². The molecule has 0 aromatic heterocycles. The Morgan fingerprint density at radius 3 is 2.68 bits per heavy atom. The van der Waals surface area contributed by atoms with E-state index < -0.39 is 0 Å². The minimum absolute atomic E-state index is 0.0921. The van der Waals surface area contributed by atoms with Crippen LogP contribution in [0.25, 0.3) is 0 Å². The lowest BCUT2D eigenvalue weighted by Crippen LogP contribution is -2.47. The summed E-state index contributed by atoms with van der Waals surface area (Å²) in [5, 5.41) is 0. The summed E-state index contributed by atoms with van der Waals surface area (Å²) in [6.45, 7) is 5.50. The molecule has 1 aromatic rings. The van der Waals surface area contributed by atoms with Crippen LogP contribution >= 0.6 is 0 Å². The van der Waals surface area contributed by atoms with E-state index in [2.05, 4.69) is 11.8 Å². The van der Waals surface area contributed by atoms with Gasteiger partial charge in [-0.25, -0.2) is 4.39 Å². The second kappa shape index (κ2) is 7.73. The number of hydrogen-bond donors (Lipinski definition) is 0. The van der Waals surface area contributed by atoms with E-state index in [4.69, 9.17) is 0 Å². The van der Waals surface area contributed by atoms with Gasteiger partial charge in [-0.1, -0.05) is 19.1 Å². The van der Waals surface area contributed by atoms with Crippen LogP contribution in [-0.2, 0) is 4.79 Å². The topological polar surface area (TPSA) is 23.6 Å². The number of hydrogen-bond acceptors (Lipinski definition) is 2. The van der Waals surface area contributed by atoms with E-state index in [-0.39, 0.29) is 17.8 Å². The summed E-state index contributed by atoms with van der Waals surface area (Å²) in [5.41, 5.74) is 1.03. The first-order valence-electron chi connectivity index (χ1n) is 8.28. The molecule has 22 heavy (non-hydrogen) atoms. The standard InChI is InChI=1S/C18H27FN2O/c1-4-17-7-5-6-12-21(17)18(22)13-20(3)14(2)15-8-10-16(19)11-9-15/h8-11,14,17H,4-7,12-13H2,1-3H3. The van der Waals surface area contributed by atoms with Gasteiger partial charge in [-0.3, -0.25) is 9.69 Å². The van der Waals surface area contributed by atoms with Crippen molar-refractivity contribution in [1.82, 2.24) is 9.80 Å². The first-order valence-corrected chi connectivity index (χ1v) is 8.28. The predicted molar refractivity (Wildman–Crippen MR) is 87.1 cm³/mol. The summed E-state index contributed by atoms with van der Waals surface area (Å²) in [4.78, 5) is 16.7. The van der Waals surface area contributed by atoms with Gasteiger partial charge in [-0.15, -0.1) is 0 Å². The number of nitrogens with zero attached hydrogens (tertiary/aromatic N) is 2. The van der Waals surface area contributed by atoms with E-state index in [0.717, 1.165) is 31.4 Å². The summed E-state index contributed by atoms with van der Waals surface area (Å²) < 4.78 is 13.0. The first kappa shape index (κ1) is 16.9. The Morgan fingerprint density at radius 1 is 1.36 bits per heavy atom. The number of likely N-dealkylation sites (N-methyl/N-ethyl adjacent to an activating group) is 1. The third-order valence-electron chi connectivity index (χ3n) is 4.82. The smallest absolute Gasteiger partial charge is 0.237 e. The number of likely N-dealkylation sites (tertiary alicyclic amines) is 1. The Kier molecular flexibility index (Phi) is 5.95. The molecule has 3 nitrogen and oxygen atoms in total. The van der Waals surface area contributed by atoms with Gasteiger partial charge in [0, 0.05) is 18.6 Å². The minimum Gasteiger partial charge on any atom is -0.339 e. The van der Waals surface area contributed by atoms with Crippen LogP contribution in [-0.4, -0.2) is 41.9 Å². The molecule has 122 valence electrons. The van der Waals surface area contributed by atoms with Crippen molar-refractivity contribution < 1.29 is 9.18 Å². The molecule has 1 fully saturated rings. The molecule has 0 N–H and O–H groups in total. The van der Waals surface area contributed by atoms with Crippen LogP contribution < -0.4 is 0 Å². The van der Waals surface area contributed by atoms with Gasteiger partial charge in [0.1, 0.15) is 5.82 Å². The molecule has 1 aromatic carbocycles. The second-order valence-electron chi connectivity index (χ2n) is 6.29. The average molecular weight is 306 g/mol. The number of benzene rings is 1. The van der Waals surface area contributed by atoms with Crippen molar-refractivity contribution in [1.29, 1.82) is 0 Å². The lowest BCUT2D eigenvalue weighted by molar-refractivity contribution is -0.136. The SMILES string of the molecule is CCC1CCCCN1C(=O)CN(C)C(C)c1ccc(F)cc1. The number of rotatable bonds is 5. The molecule has 2 atom stereocenters. The predicted octanol–water partition coefficient (Wildman–Crippen LogP) is 3.61. The van der Waals surface area contributed by atoms with E-state index in [1.165, 1.54) is 18.6 Å². The van der Waals surface area contributed by atoms with Crippen LogP contribution in [0.1, 0.15) is 51.1 Å². The molecular formula is C18H27FN2O. The summed E-state index contributed by atoms with van der Waals surface area (Å²) in [6, 6.07) is 7.01. The van der Waals surface area contributed by atoms with Gasteiger partial charge >= 0.3 is 0 Å². The van der Waals surface area contributed by atoms with Crippen LogP contribution in [0.5, 0.6) is 0 Å². The molecule has 1 saturated heterocycles. The van der Waals surface area contributed by atoms with Gasteiger partial charge in [0.2, 0.25) is 5.91 Å². The third kappa shape index (κ3) is 4.07. The summed E-state index contributed by atoms with van der Waals surface area (Å²) >= 11 is 0. The fourth-order valence-corrected chi connectivity index (χ4v) is 3.19. The largest absolute Gasteiger partial charge is 0.339 e. The van der Waals surface area contributed by atoms with Crippen LogP contribution in [0.2, 0.25) is 0 Å². The van der Waals surface area contributed by atoms with E-state index in [9.17, 15) is 9.18 Å². The van der Waals surface area contributed by atoms with Gasteiger partial charge < -0.3 is 4.90 Å². The van der Waals surface area contributed by atoms with Crippen molar-refractivity contribution in [3.63, 3.8) is 0 Å². The molecule has 1 amide bonds.